The van der Waals surface area contributed by atoms with Gasteiger partial charge in [0, 0.05) is 31.5 Å². The number of hydrogen-bond acceptors (Lipinski definition) is 5. The summed E-state index contributed by atoms with van der Waals surface area (Å²) in [6.45, 7) is 1.43. The minimum Gasteiger partial charge on any atom is -0.502 e. The van der Waals surface area contributed by atoms with Gasteiger partial charge in [-0.3, -0.25) is 14.5 Å². The molecule has 3 rings (SSSR count). The van der Waals surface area contributed by atoms with Crippen molar-refractivity contribution in [2.24, 2.45) is 0 Å². The number of nitrogens with zero attached hydrogens (tertiary/aromatic N) is 1. The fourth-order valence-corrected chi connectivity index (χ4v) is 2.55. The third-order valence-corrected chi connectivity index (χ3v) is 3.51. The molecule has 1 aromatic heterocycles. The molecule has 126 valence electrons. The highest BCUT2D eigenvalue weighted by molar-refractivity contribution is 5.97. The monoisotopic (exact) mass is 337 g/mol. The largest absolute Gasteiger partial charge is 0.502 e. The molecular weight excluding hydrogens is 324 g/mol. The number of rotatable bonds is 3. The normalized spacial score (nSPS) is 14.3. The van der Waals surface area contributed by atoms with Gasteiger partial charge in [0.25, 0.3) is 5.88 Å². The van der Waals surface area contributed by atoms with Gasteiger partial charge in [-0.15, -0.1) is 0 Å². The van der Waals surface area contributed by atoms with E-state index < -0.39 is 23.4 Å². The number of carbonyl (C=O) groups excluding carboxylic acids is 2. The van der Waals surface area contributed by atoms with Gasteiger partial charge in [0.2, 0.25) is 17.4 Å². The fraction of sp³-hybridized carbons (Fsp3) is 0.250. The van der Waals surface area contributed by atoms with E-state index in [0.717, 1.165) is 19.1 Å². The number of esters is 1. The van der Waals surface area contributed by atoms with Crippen LogP contribution < -0.4 is 9.64 Å². The number of carbonyl (C=O) groups is 2. The summed E-state index contributed by atoms with van der Waals surface area (Å²) in [5.74, 6) is -4.15. The van der Waals surface area contributed by atoms with Crippen LogP contribution in [0.15, 0.2) is 22.6 Å². The predicted octanol–water partition coefficient (Wildman–Crippen LogP) is 2.98. The first-order chi connectivity index (χ1) is 11.4. The first kappa shape index (κ1) is 16.0. The zero-order valence-electron chi connectivity index (χ0n) is 12.6. The smallest absolute Gasteiger partial charge is 0.308 e. The maximum absolute atomic E-state index is 13.4. The lowest BCUT2D eigenvalue weighted by atomic mass is 10.1. The zero-order chi connectivity index (χ0) is 17.4. The lowest BCUT2D eigenvalue weighted by molar-refractivity contribution is -0.132. The molecule has 1 aromatic carbocycles. The second kappa shape index (κ2) is 5.95. The molecule has 2 heterocycles. The highest BCUT2D eigenvalue weighted by Gasteiger charge is 2.33. The summed E-state index contributed by atoms with van der Waals surface area (Å²) in [6, 6.07) is 2.57. The minimum absolute atomic E-state index is 0.0868. The number of benzene rings is 1. The van der Waals surface area contributed by atoms with Crippen molar-refractivity contribution in [3.05, 3.63) is 29.8 Å². The molecule has 0 radical (unpaired) electrons. The molecule has 1 aliphatic heterocycles. The van der Waals surface area contributed by atoms with Gasteiger partial charge in [-0.05, 0) is 18.6 Å². The van der Waals surface area contributed by atoms with Gasteiger partial charge < -0.3 is 14.3 Å². The molecule has 1 N–H and O–H groups in total. The van der Waals surface area contributed by atoms with Crippen LogP contribution in [-0.4, -0.2) is 23.5 Å². The third kappa shape index (κ3) is 2.82. The number of amides is 1. The van der Waals surface area contributed by atoms with Crippen LogP contribution in [-0.2, 0) is 9.59 Å². The molecule has 0 saturated carbocycles. The molecule has 1 saturated heterocycles. The number of anilines is 1. The van der Waals surface area contributed by atoms with E-state index in [1.54, 1.807) is 0 Å². The molecule has 0 spiro atoms. The first-order valence-corrected chi connectivity index (χ1v) is 7.18. The maximum atomic E-state index is 13.4. The van der Waals surface area contributed by atoms with Crippen LogP contribution in [0.3, 0.4) is 0 Å². The summed E-state index contributed by atoms with van der Waals surface area (Å²) in [6.07, 6.45) is 0.856. The molecule has 0 aliphatic carbocycles. The number of halogens is 2. The average molecular weight is 337 g/mol. The van der Waals surface area contributed by atoms with E-state index in [9.17, 15) is 23.5 Å². The van der Waals surface area contributed by atoms with Gasteiger partial charge in [-0.1, -0.05) is 0 Å². The molecule has 1 aliphatic rings. The van der Waals surface area contributed by atoms with Gasteiger partial charge >= 0.3 is 5.97 Å². The Bertz CT molecular complexity index is 810. The second-order valence-electron chi connectivity index (χ2n) is 5.31. The SMILES string of the molecule is CC(=O)Oc1c(N2CCCC2=O)oc(-c2cc(F)cc(F)c2)c1O. The summed E-state index contributed by atoms with van der Waals surface area (Å²) >= 11 is 0. The Morgan fingerprint density at radius 3 is 2.50 bits per heavy atom. The quantitative estimate of drug-likeness (QED) is 0.871. The first-order valence-electron chi connectivity index (χ1n) is 7.18. The van der Waals surface area contributed by atoms with Crippen molar-refractivity contribution in [1.82, 2.24) is 0 Å². The molecule has 0 atom stereocenters. The molecule has 1 fully saturated rings. The highest BCUT2D eigenvalue weighted by Crippen LogP contribution is 2.48. The van der Waals surface area contributed by atoms with Gasteiger partial charge in [0.15, 0.2) is 5.76 Å². The lowest BCUT2D eigenvalue weighted by Gasteiger charge is -2.13. The lowest BCUT2D eigenvalue weighted by Crippen LogP contribution is -2.24. The van der Waals surface area contributed by atoms with Crippen molar-refractivity contribution in [3.8, 4) is 22.8 Å². The number of aromatic hydroxyl groups is 1. The van der Waals surface area contributed by atoms with Crippen LogP contribution in [0.25, 0.3) is 11.3 Å². The van der Waals surface area contributed by atoms with E-state index in [-0.39, 0.29) is 35.3 Å². The van der Waals surface area contributed by atoms with Crippen molar-refractivity contribution in [1.29, 1.82) is 0 Å². The van der Waals surface area contributed by atoms with Gasteiger partial charge in [-0.25, -0.2) is 8.78 Å². The topological polar surface area (TPSA) is 80.0 Å². The van der Waals surface area contributed by atoms with Crippen molar-refractivity contribution in [3.63, 3.8) is 0 Å². The van der Waals surface area contributed by atoms with Crippen molar-refractivity contribution in [2.45, 2.75) is 19.8 Å². The van der Waals surface area contributed by atoms with E-state index in [0.29, 0.717) is 19.0 Å². The summed E-state index contributed by atoms with van der Waals surface area (Å²) in [5, 5.41) is 10.3. The van der Waals surface area contributed by atoms with E-state index in [4.69, 9.17) is 9.15 Å². The van der Waals surface area contributed by atoms with Crippen molar-refractivity contribution < 1.29 is 32.6 Å². The molecule has 24 heavy (non-hydrogen) atoms. The fourth-order valence-electron chi connectivity index (χ4n) is 2.55. The summed E-state index contributed by atoms with van der Waals surface area (Å²) in [4.78, 5) is 24.4. The van der Waals surface area contributed by atoms with Crippen molar-refractivity contribution in [2.75, 3.05) is 11.4 Å². The Morgan fingerprint density at radius 1 is 1.29 bits per heavy atom. The third-order valence-electron chi connectivity index (χ3n) is 3.51. The molecule has 1 amide bonds. The number of ether oxygens (including phenoxy) is 1. The van der Waals surface area contributed by atoms with E-state index >= 15 is 0 Å². The minimum atomic E-state index is -0.867. The van der Waals surface area contributed by atoms with Gasteiger partial charge in [0.05, 0.1) is 0 Å². The van der Waals surface area contributed by atoms with Gasteiger partial charge in [0.1, 0.15) is 11.6 Å². The van der Waals surface area contributed by atoms with Crippen LogP contribution in [0.1, 0.15) is 19.8 Å². The van der Waals surface area contributed by atoms with E-state index in [2.05, 4.69) is 0 Å². The average Bonchev–Trinajstić information content (AvgIpc) is 3.02. The van der Waals surface area contributed by atoms with Crippen LogP contribution >= 0.6 is 0 Å². The molecular formula is C16H13F2NO5. The molecule has 0 bridgehead atoms. The maximum Gasteiger partial charge on any atom is 0.308 e. The van der Waals surface area contributed by atoms with Crippen molar-refractivity contribution >= 4 is 17.8 Å². The van der Waals surface area contributed by atoms with Crippen LogP contribution in [0.2, 0.25) is 0 Å². The second-order valence-corrected chi connectivity index (χ2v) is 5.31. The summed E-state index contributed by atoms with van der Waals surface area (Å²) in [7, 11) is 0. The Balaban J connectivity index is 2.15. The molecule has 0 unspecified atom stereocenters. The predicted molar refractivity (Wildman–Crippen MR) is 78.6 cm³/mol. The molecule has 8 heteroatoms. The Labute approximate surface area is 135 Å². The Kier molecular flexibility index (Phi) is 3.96. The Morgan fingerprint density at radius 2 is 1.96 bits per heavy atom. The summed E-state index contributed by atoms with van der Waals surface area (Å²) in [5.41, 5.74) is -0.0868. The highest BCUT2D eigenvalue weighted by atomic mass is 19.1. The van der Waals surface area contributed by atoms with E-state index in [1.807, 2.05) is 0 Å². The molecule has 2 aromatic rings. The van der Waals surface area contributed by atoms with Crippen LogP contribution in [0, 0.1) is 11.6 Å². The van der Waals surface area contributed by atoms with E-state index in [1.165, 1.54) is 4.90 Å². The van der Waals surface area contributed by atoms with Crippen LogP contribution in [0.4, 0.5) is 14.7 Å². The number of hydrogen-bond donors (Lipinski definition) is 1. The number of furan rings is 1. The van der Waals surface area contributed by atoms with Gasteiger partial charge in [-0.2, -0.15) is 0 Å². The Hall–Kier alpha value is -2.90. The summed E-state index contributed by atoms with van der Waals surface area (Å²) < 4.78 is 37.2. The molecule has 6 nitrogen and oxygen atoms in total. The zero-order valence-corrected chi connectivity index (χ0v) is 12.6. The van der Waals surface area contributed by atoms with Crippen LogP contribution in [0.5, 0.6) is 11.5 Å². The standard InChI is InChI=1S/C16H13F2NO5/c1-8(20)23-15-13(22)14(9-5-10(17)7-11(18)6-9)24-16(15)19-4-2-3-12(19)21/h5-7,22H,2-4H2,1H3.